The monoisotopic (exact) mass is 486 g/mol. The molecule has 0 spiro atoms. The molecular weight excluding hydrogens is 448 g/mol. The predicted octanol–water partition coefficient (Wildman–Crippen LogP) is 6.67. The Labute approximate surface area is 219 Å². The van der Waals surface area contributed by atoms with E-state index < -0.39 is 8.07 Å². The van der Waals surface area contributed by atoms with Crippen LogP contribution in [0.15, 0.2) is 102 Å². The van der Waals surface area contributed by atoms with Crippen molar-refractivity contribution in [1.29, 1.82) is 0 Å². The summed E-state index contributed by atoms with van der Waals surface area (Å²) in [6.45, 7) is 11.5. The zero-order chi connectivity index (χ0) is 20.6. The summed E-state index contributed by atoms with van der Waals surface area (Å²) in [6, 6.07) is 31.4. The number of hydrogen-bond acceptors (Lipinski definition) is 0. The van der Waals surface area contributed by atoms with Crippen LogP contribution in [0.5, 0.6) is 0 Å². The molecule has 0 heterocycles. The molecule has 1 unspecified atom stereocenters. The summed E-state index contributed by atoms with van der Waals surface area (Å²) in [5.74, 6) is 0. The molecule has 1 atom stereocenters. The van der Waals surface area contributed by atoms with Gasteiger partial charge in [0, 0.05) is 0 Å². The van der Waals surface area contributed by atoms with Gasteiger partial charge in [0.1, 0.15) is 8.07 Å². The van der Waals surface area contributed by atoms with E-state index in [1.165, 1.54) is 37.8 Å². The Balaban J connectivity index is 0.00000256. The zero-order valence-corrected chi connectivity index (χ0v) is 24.1. The fourth-order valence-corrected chi connectivity index (χ4v) is 11.5. The smallest absolute Gasteiger partial charge is 0.358 e. The van der Waals surface area contributed by atoms with Crippen LogP contribution in [0, 0.1) is 35.3 Å². The normalized spacial score (nSPS) is 17.1. The van der Waals surface area contributed by atoms with Gasteiger partial charge in [-0.15, -0.1) is 6.92 Å². The molecule has 1 aliphatic rings. The van der Waals surface area contributed by atoms with Crippen LogP contribution in [-0.2, 0) is 21.7 Å². The third kappa shape index (κ3) is 4.69. The molecule has 0 N–H and O–H groups in total. The third-order valence-corrected chi connectivity index (χ3v) is 12.8. The van der Waals surface area contributed by atoms with Crippen molar-refractivity contribution in [3.05, 3.63) is 136 Å². The number of aryl methyl sites for hydroxylation is 1. The molecule has 1 aliphatic carbocycles. The minimum Gasteiger partial charge on any atom is -0.358 e. The van der Waals surface area contributed by atoms with Crippen molar-refractivity contribution in [2.75, 3.05) is 0 Å². The van der Waals surface area contributed by atoms with Crippen molar-refractivity contribution in [3.63, 3.8) is 0 Å². The van der Waals surface area contributed by atoms with Crippen LogP contribution in [0.3, 0.4) is 0 Å². The molecule has 0 nitrogen and oxygen atoms in total. The van der Waals surface area contributed by atoms with Gasteiger partial charge in [0.05, 0.1) is 0 Å². The maximum Gasteiger partial charge on any atom is 4.00 e. The summed E-state index contributed by atoms with van der Waals surface area (Å²) >= 11 is 0. The van der Waals surface area contributed by atoms with Gasteiger partial charge in [-0.2, -0.15) is 11.1 Å². The third-order valence-electron chi connectivity index (χ3n) is 7.03. The SMILES string of the molecule is CC1=[C-]C(C)([Si](c2ccccc2)(c2ccccc2)c2ccccc2C)C(C)=C1C.[CH3-].[CH3-].[CH3-].[Ti+4]. The molecule has 0 saturated heterocycles. The average molecular weight is 487 g/mol. The summed E-state index contributed by atoms with van der Waals surface area (Å²) in [7, 11) is -2.50. The summed E-state index contributed by atoms with van der Waals surface area (Å²) in [5.41, 5.74) is 5.51. The first-order chi connectivity index (χ1) is 13.9. The Morgan fingerprint density at radius 1 is 0.636 bits per heavy atom. The maximum absolute atomic E-state index is 4.00. The number of benzene rings is 3. The number of hydrogen-bond donors (Lipinski definition) is 0. The van der Waals surface area contributed by atoms with E-state index in [4.69, 9.17) is 0 Å². The van der Waals surface area contributed by atoms with Crippen molar-refractivity contribution in [2.24, 2.45) is 0 Å². The van der Waals surface area contributed by atoms with Gasteiger partial charge >= 0.3 is 21.7 Å². The van der Waals surface area contributed by atoms with E-state index in [0.717, 1.165) is 0 Å². The van der Waals surface area contributed by atoms with E-state index in [1.54, 1.807) is 0 Å². The van der Waals surface area contributed by atoms with Crippen LogP contribution in [0.2, 0.25) is 5.04 Å². The first-order valence-corrected chi connectivity index (χ1v) is 12.4. The number of allylic oxidation sites excluding steroid dienone is 4. The Bertz CT molecular complexity index is 1060. The first kappa shape index (κ1) is 31.1. The quantitative estimate of drug-likeness (QED) is 0.219. The van der Waals surface area contributed by atoms with Crippen LogP contribution in [0.1, 0.15) is 33.3 Å². The second-order valence-electron chi connectivity index (χ2n) is 8.42. The molecule has 0 aliphatic heterocycles. The first-order valence-electron chi connectivity index (χ1n) is 10.4. The van der Waals surface area contributed by atoms with E-state index >= 15 is 0 Å². The van der Waals surface area contributed by atoms with Crippen LogP contribution < -0.4 is 15.6 Å². The second kappa shape index (κ2) is 12.0. The fourth-order valence-electron chi connectivity index (χ4n) is 5.29. The minimum absolute atomic E-state index is 0. The van der Waals surface area contributed by atoms with Gasteiger partial charge in [-0.25, -0.2) is 5.57 Å². The summed E-state index contributed by atoms with van der Waals surface area (Å²) in [6.07, 6.45) is 4.00. The Morgan fingerprint density at radius 2 is 1.06 bits per heavy atom. The van der Waals surface area contributed by atoms with E-state index in [2.05, 4.69) is 126 Å². The standard InChI is InChI=1S/C28H29Si.3CH3.Ti/c1-21-14-12-13-19-27(21)29(25-15-8-6-9-16-25,26-17-10-7-11-18-26)28(5)20-22(2)23(3)24(28)4;;;;/h6-19H,1-5H3;3*1H3;/q4*-1;+4. The van der Waals surface area contributed by atoms with E-state index in [9.17, 15) is 0 Å². The molecule has 0 radical (unpaired) electrons. The molecule has 3 aromatic rings. The summed E-state index contributed by atoms with van der Waals surface area (Å²) < 4.78 is 0. The van der Waals surface area contributed by atoms with Gasteiger partial charge in [0.25, 0.3) is 0 Å². The van der Waals surface area contributed by atoms with Crippen molar-refractivity contribution in [1.82, 2.24) is 0 Å². The fraction of sp³-hybridized carbons (Fsp3) is 0.194. The maximum atomic E-state index is 4.00. The molecule has 0 saturated carbocycles. The molecule has 170 valence electrons. The molecular formula is C31H38SiTi. The van der Waals surface area contributed by atoms with Gasteiger partial charge in [-0.1, -0.05) is 116 Å². The Morgan fingerprint density at radius 3 is 1.45 bits per heavy atom. The van der Waals surface area contributed by atoms with Gasteiger partial charge in [-0.05, 0) is 22.5 Å². The van der Waals surface area contributed by atoms with Gasteiger partial charge < -0.3 is 22.3 Å². The van der Waals surface area contributed by atoms with Crippen LogP contribution >= 0.6 is 0 Å². The van der Waals surface area contributed by atoms with E-state index in [1.807, 2.05) is 0 Å². The molecule has 4 rings (SSSR count). The van der Waals surface area contributed by atoms with Gasteiger partial charge in [0.15, 0.2) is 0 Å². The zero-order valence-electron chi connectivity index (χ0n) is 21.6. The van der Waals surface area contributed by atoms with Crippen molar-refractivity contribution in [3.8, 4) is 0 Å². The summed E-state index contributed by atoms with van der Waals surface area (Å²) in [4.78, 5) is 0. The Hall–Kier alpha value is -1.93. The molecule has 0 fully saturated rings. The Kier molecular flexibility index (Phi) is 11.3. The molecule has 2 heteroatoms. The van der Waals surface area contributed by atoms with Crippen molar-refractivity contribution < 1.29 is 21.7 Å². The van der Waals surface area contributed by atoms with Crippen molar-refractivity contribution >= 4 is 23.6 Å². The molecule has 0 amide bonds. The molecule has 0 aromatic heterocycles. The summed E-state index contributed by atoms with van der Waals surface area (Å²) in [5, 5.41) is 4.21. The predicted molar refractivity (Wildman–Crippen MR) is 147 cm³/mol. The van der Waals surface area contributed by atoms with Crippen LogP contribution in [0.4, 0.5) is 0 Å². The topological polar surface area (TPSA) is 0 Å². The second-order valence-corrected chi connectivity index (χ2v) is 12.6. The van der Waals surface area contributed by atoms with Gasteiger partial charge in [0.2, 0.25) is 0 Å². The van der Waals surface area contributed by atoms with Crippen molar-refractivity contribution in [2.45, 2.75) is 39.7 Å². The van der Waals surface area contributed by atoms with Gasteiger partial charge in [-0.3, -0.25) is 6.08 Å². The van der Waals surface area contributed by atoms with E-state index in [0.29, 0.717) is 0 Å². The van der Waals surface area contributed by atoms with Crippen LogP contribution in [0.25, 0.3) is 0 Å². The number of rotatable bonds is 4. The largest absolute Gasteiger partial charge is 4.00 e. The average Bonchev–Trinajstić information content (AvgIpc) is 2.95. The molecule has 3 aromatic carbocycles. The minimum atomic E-state index is -2.50. The van der Waals surface area contributed by atoms with E-state index in [-0.39, 0.29) is 49.0 Å². The molecule has 0 bridgehead atoms. The van der Waals surface area contributed by atoms with Crippen LogP contribution in [-0.4, -0.2) is 8.07 Å². The molecule has 33 heavy (non-hydrogen) atoms.